The summed E-state index contributed by atoms with van der Waals surface area (Å²) >= 11 is 6.92. The number of hydrogen-bond donors (Lipinski definition) is 1. The SMILES string of the molecule is CC(C)(C)OC(=O)N1CCN(CCCN2CCN(c3cccc(-c4cnc5[nH]cc(C6CC6)c5c4Cl)n3)C(=O)C2)CC1. The fourth-order valence-corrected chi connectivity index (χ4v) is 6.20. The van der Waals surface area contributed by atoms with Crippen LogP contribution < -0.4 is 4.90 Å². The van der Waals surface area contributed by atoms with Crippen LogP contribution in [0, 0.1) is 0 Å². The maximum Gasteiger partial charge on any atom is 0.410 e. The molecule has 3 aliphatic rings. The zero-order valence-electron chi connectivity index (χ0n) is 24.7. The van der Waals surface area contributed by atoms with Crippen molar-refractivity contribution >= 4 is 40.5 Å². The van der Waals surface area contributed by atoms with E-state index in [1.54, 1.807) is 16.0 Å². The highest BCUT2D eigenvalue weighted by Gasteiger charge is 2.30. The summed E-state index contributed by atoms with van der Waals surface area (Å²) in [6, 6.07) is 5.74. The molecule has 5 heterocycles. The van der Waals surface area contributed by atoms with Crippen molar-refractivity contribution in [2.75, 3.05) is 63.8 Å². The number of carbonyl (C=O) groups is 2. The molecular formula is C31H40ClN7O3. The van der Waals surface area contributed by atoms with E-state index in [2.05, 4.69) is 19.8 Å². The highest BCUT2D eigenvalue weighted by atomic mass is 35.5. The van der Waals surface area contributed by atoms with Gasteiger partial charge in [0.15, 0.2) is 0 Å². The van der Waals surface area contributed by atoms with Crippen molar-refractivity contribution in [1.82, 2.24) is 29.7 Å². The van der Waals surface area contributed by atoms with E-state index in [1.807, 2.05) is 45.2 Å². The molecule has 10 nitrogen and oxygen atoms in total. The van der Waals surface area contributed by atoms with Crippen molar-refractivity contribution in [3.63, 3.8) is 0 Å². The molecule has 2 saturated heterocycles. The molecule has 0 spiro atoms. The number of aromatic nitrogens is 3. The van der Waals surface area contributed by atoms with E-state index in [0.717, 1.165) is 61.4 Å². The maximum atomic E-state index is 13.2. The third-order valence-electron chi connectivity index (χ3n) is 8.25. The Kier molecular flexibility index (Phi) is 8.13. The van der Waals surface area contributed by atoms with Crippen LogP contribution in [-0.4, -0.2) is 106 Å². The van der Waals surface area contributed by atoms with Crippen LogP contribution in [0.5, 0.6) is 0 Å². The number of hydrogen-bond acceptors (Lipinski definition) is 7. The molecule has 224 valence electrons. The number of carbonyl (C=O) groups excluding carboxylic acids is 2. The van der Waals surface area contributed by atoms with E-state index >= 15 is 0 Å². The maximum absolute atomic E-state index is 13.2. The van der Waals surface area contributed by atoms with Gasteiger partial charge in [0.1, 0.15) is 17.1 Å². The molecule has 0 unspecified atom stereocenters. The number of aromatic amines is 1. The summed E-state index contributed by atoms with van der Waals surface area (Å²) in [5.74, 6) is 1.25. The second-order valence-electron chi connectivity index (χ2n) is 12.6. The fraction of sp³-hybridized carbons (Fsp3) is 0.548. The quantitative estimate of drug-likeness (QED) is 0.422. The van der Waals surface area contributed by atoms with Crippen LogP contribution in [0.4, 0.5) is 10.6 Å². The molecule has 2 aliphatic heterocycles. The number of halogens is 1. The molecular weight excluding hydrogens is 554 g/mol. The fourth-order valence-electron chi connectivity index (χ4n) is 5.85. The largest absolute Gasteiger partial charge is 0.444 e. The smallest absolute Gasteiger partial charge is 0.410 e. The Morgan fingerprint density at radius 3 is 2.52 bits per heavy atom. The van der Waals surface area contributed by atoms with Gasteiger partial charge < -0.3 is 14.6 Å². The molecule has 0 aromatic carbocycles. The number of rotatable bonds is 7. The minimum absolute atomic E-state index is 0.0539. The first-order chi connectivity index (χ1) is 20.2. The molecule has 42 heavy (non-hydrogen) atoms. The van der Waals surface area contributed by atoms with E-state index in [-0.39, 0.29) is 12.0 Å². The first kappa shape index (κ1) is 28.9. The highest BCUT2D eigenvalue weighted by Crippen LogP contribution is 2.46. The van der Waals surface area contributed by atoms with Crippen LogP contribution in [0.25, 0.3) is 22.3 Å². The van der Waals surface area contributed by atoms with Crippen LogP contribution in [0.2, 0.25) is 5.02 Å². The van der Waals surface area contributed by atoms with E-state index in [0.29, 0.717) is 42.9 Å². The van der Waals surface area contributed by atoms with E-state index < -0.39 is 5.60 Å². The van der Waals surface area contributed by atoms with Crippen LogP contribution >= 0.6 is 11.6 Å². The van der Waals surface area contributed by atoms with Gasteiger partial charge >= 0.3 is 6.09 Å². The third kappa shape index (κ3) is 6.40. The van der Waals surface area contributed by atoms with Gasteiger partial charge in [0.25, 0.3) is 0 Å². The van der Waals surface area contributed by atoms with E-state index in [9.17, 15) is 9.59 Å². The molecule has 0 bridgehead atoms. The molecule has 1 aliphatic carbocycles. The van der Waals surface area contributed by atoms with Crippen molar-refractivity contribution in [1.29, 1.82) is 0 Å². The number of piperazine rings is 2. The van der Waals surface area contributed by atoms with Gasteiger partial charge in [-0.25, -0.2) is 14.8 Å². The Hall–Kier alpha value is -3.21. The van der Waals surface area contributed by atoms with Crippen molar-refractivity contribution < 1.29 is 14.3 Å². The van der Waals surface area contributed by atoms with E-state index in [4.69, 9.17) is 21.3 Å². The van der Waals surface area contributed by atoms with Crippen LogP contribution in [-0.2, 0) is 9.53 Å². The average molecular weight is 594 g/mol. The molecule has 2 amide bonds. The second kappa shape index (κ2) is 11.8. The zero-order valence-corrected chi connectivity index (χ0v) is 25.5. The van der Waals surface area contributed by atoms with Gasteiger partial charge in [0.2, 0.25) is 5.91 Å². The first-order valence-electron chi connectivity index (χ1n) is 15.0. The van der Waals surface area contributed by atoms with Gasteiger partial charge in [-0.15, -0.1) is 0 Å². The highest BCUT2D eigenvalue weighted by molar-refractivity contribution is 6.38. The van der Waals surface area contributed by atoms with Gasteiger partial charge in [-0.3, -0.25) is 19.5 Å². The van der Waals surface area contributed by atoms with Crippen LogP contribution in [0.15, 0.2) is 30.6 Å². The number of amides is 2. The lowest BCUT2D eigenvalue weighted by Crippen LogP contribution is -2.52. The Morgan fingerprint density at radius 1 is 1.07 bits per heavy atom. The number of ether oxygens (including phenoxy) is 1. The summed E-state index contributed by atoms with van der Waals surface area (Å²) in [6.45, 7) is 12.3. The molecule has 0 radical (unpaired) electrons. The van der Waals surface area contributed by atoms with Crippen LogP contribution in [0.3, 0.4) is 0 Å². The Bertz CT molecular complexity index is 1460. The van der Waals surface area contributed by atoms with Gasteiger partial charge in [0, 0.05) is 62.6 Å². The number of nitrogens with one attached hydrogen (secondary N) is 1. The standard InChI is InChI=1S/C31H40ClN7O3/c1-31(2,3)42-30(41)38-15-12-36(13-16-38)10-5-11-37-14-17-39(26(40)20-37)25-7-4-6-24(35-25)23-19-34-29-27(28(23)32)22(18-33-29)21-8-9-21/h4,6-7,18-19,21H,5,8-17,20H2,1-3H3,(H,33,34). The molecule has 1 saturated carbocycles. The van der Waals surface area contributed by atoms with Crippen molar-refractivity contribution in [2.24, 2.45) is 0 Å². The zero-order chi connectivity index (χ0) is 29.4. The molecule has 3 aromatic heterocycles. The topological polar surface area (TPSA) is 97.9 Å². The summed E-state index contributed by atoms with van der Waals surface area (Å²) in [5.41, 5.74) is 3.06. The van der Waals surface area contributed by atoms with Gasteiger partial charge in [0.05, 0.1) is 17.3 Å². The van der Waals surface area contributed by atoms with Crippen molar-refractivity contribution in [3.05, 3.63) is 41.2 Å². The number of pyridine rings is 2. The van der Waals surface area contributed by atoms with Crippen LogP contribution in [0.1, 0.15) is 51.5 Å². The molecule has 11 heteroatoms. The molecule has 0 atom stereocenters. The third-order valence-corrected chi connectivity index (χ3v) is 8.64. The number of anilines is 1. The lowest BCUT2D eigenvalue weighted by Gasteiger charge is -2.36. The predicted molar refractivity (Wildman–Crippen MR) is 164 cm³/mol. The summed E-state index contributed by atoms with van der Waals surface area (Å²) in [4.78, 5) is 46.4. The first-order valence-corrected chi connectivity index (χ1v) is 15.4. The number of H-pyrrole nitrogens is 1. The van der Waals surface area contributed by atoms with Gasteiger partial charge in [-0.2, -0.15) is 0 Å². The molecule has 3 fully saturated rings. The van der Waals surface area contributed by atoms with E-state index in [1.165, 1.54) is 18.4 Å². The summed E-state index contributed by atoms with van der Waals surface area (Å²) < 4.78 is 5.50. The lowest BCUT2D eigenvalue weighted by molar-refractivity contribution is -0.121. The average Bonchev–Trinajstić information content (AvgIpc) is 3.71. The van der Waals surface area contributed by atoms with Gasteiger partial charge in [-0.1, -0.05) is 17.7 Å². The Labute approximate surface area is 252 Å². The summed E-state index contributed by atoms with van der Waals surface area (Å²) in [5, 5.41) is 1.65. The lowest BCUT2D eigenvalue weighted by atomic mass is 10.1. The number of nitrogens with zero attached hydrogens (tertiary/aromatic N) is 6. The van der Waals surface area contributed by atoms with Gasteiger partial charge in [-0.05, 0) is 76.7 Å². The molecule has 6 rings (SSSR count). The Morgan fingerprint density at radius 2 is 1.81 bits per heavy atom. The minimum Gasteiger partial charge on any atom is -0.444 e. The summed E-state index contributed by atoms with van der Waals surface area (Å²) in [7, 11) is 0. The van der Waals surface area contributed by atoms with Crippen molar-refractivity contribution in [3.8, 4) is 11.3 Å². The Balaban J connectivity index is 1.01. The molecule has 3 aromatic rings. The number of fused-ring (bicyclic) bond motifs is 1. The van der Waals surface area contributed by atoms with Crippen molar-refractivity contribution in [2.45, 2.75) is 51.6 Å². The monoisotopic (exact) mass is 593 g/mol. The normalized spacial score (nSPS) is 19.1. The second-order valence-corrected chi connectivity index (χ2v) is 13.0. The molecule has 1 N–H and O–H groups in total. The predicted octanol–water partition coefficient (Wildman–Crippen LogP) is 4.75. The summed E-state index contributed by atoms with van der Waals surface area (Å²) in [6.07, 6.45) is 6.90. The minimum atomic E-state index is -0.475.